The summed E-state index contributed by atoms with van der Waals surface area (Å²) < 4.78 is 24.2. The standard InChI is InChI=1S/C20H25FN4O2/c21-17-3-5-18(6-4-17)27-19-7-8-22-20(23-19)25-9-1-2-16(15-25)14-24-10-12-26-13-11-24/h3-8,16H,1-2,9-15H2. The van der Waals surface area contributed by atoms with E-state index in [1.165, 1.54) is 18.6 Å². The lowest BCUT2D eigenvalue weighted by atomic mass is 9.97. The number of aromatic nitrogens is 2. The maximum Gasteiger partial charge on any atom is 0.228 e. The molecule has 1 atom stereocenters. The van der Waals surface area contributed by atoms with Crippen LogP contribution in [0.3, 0.4) is 0 Å². The van der Waals surface area contributed by atoms with E-state index in [0.717, 1.165) is 52.4 Å². The second kappa shape index (κ2) is 8.63. The number of benzene rings is 1. The van der Waals surface area contributed by atoms with Crippen LogP contribution in [0, 0.1) is 11.7 Å². The quantitative estimate of drug-likeness (QED) is 0.804. The van der Waals surface area contributed by atoms with Crippen molar-refractivity contribution in [2.75, 3.05) is 50.8 Å². The van der Waals surface area contributed by atoms with Gasteiger partial charge in [-0.1, -0.05) is 0 Å². The molecule has 2 saturated heterocycles. The molecule has 144 valence electrons. The van der Waals surface area contributed by atoms with Gasteiger partial charge in [-0.25, -0.2) is 9.37 Å². The van der Waals surface area contributed by atoms with E-state index in [0.29, 0.717) is 23.5 Å². The molecule has 0 N–H and O–H groups in total. The molecule has 1 aromatic carbocycles. The van der Waals surface area contributed by atoms with Crippen molar-refractivity contribution in [3.8, 4) is 11.6 Å². The number of morpholine rings is 1. The number of anilines is 1. The van der Waals surface area contributed by atoms with Gasteiger partial charge in [-0.3, -0.25) is 4.90 Å². The average molecular weight is 372 g/mol. The van der Waals surface area contributed by atoms with Crippen molar-refractivity contribution in [3.63, 3.8) is 0 Å². The largest absolute Gasteiger partial charge is 0.439 e. The summed E-state index contributed by atoms with van der Waals surface area (Å²) in [5, 5.41) is 0. The number of rotatable bonds is 5. The summed E-state index contributed by atoms with van der Waals surface area (Å²) in [4.78, 5) is 13.7. The molecule has 0 bridgehead atoms. The van der Waals surface area contributed by atoms with E-state index in [9.17, 15) is 4.39 Å². The summed E-state index contributed by atoms with van der Waals surface area (Å²) in [5.41, 5.74) is 0. The van der Waals surface area contributed by atoms with Gasteiger partial charge >= 0.3 is 0 Å². The Morgan fingerprint density at radius 1 is 1.11 bits per heavy atom. The van der Waals surface area contributed by atoms with Crippen molar-refractivity contribution in [1.82, 2.24) is 14.9 Å². The van der Waals surface area contributed by atoms with Crippen LogP contribution in [0.15, 0.2) is 36.5 Å². The summed E-state index contributed by atoms with van der Waals surface area (Å²) in [6, 6.07) is 7.66. The maximum absolute atomic E-state index is 13.0. The van der Waals surface area contributed by atoms with E-state index in [4.69, 9.17) is 9.47 Å². The highest BCUT2D eigenvalue weighted by Crippen LogP contribution is 2.25. The zero-order chi connectivity index (χ0) is 18.5. The molecule has 6 nitrogen and oxygen atoms in total. The van der Waals surface area contributed by atoms with Crippen molar-refractivity contribution in [3.05, 3.63) is 42.3 Å². The molecule has 4 rings (SSSR count). The van der Waals surface area contributed by atoms with Crippen LogP contribution in [0.1, 0.15) is 12.8 Å². The number of nitrogens with zero attached hydrogens (tertiary/aromatic N) is 4. The van der Waals surface area contributed by atoms with Crippen molar-refractivity contribution < 1.29 is 13.9 Å². The van der Waals surface area contributed by atoms with Gasteiger partial charge < -0.3 is 14.4 Å². The van der Waals surface area contributed by atoms with Gasteiger partial charge in [-0.05, 0) is 43.0 Å². The third kappa shape index (κ3) is 4.93. The second-order valence-corrected chi connectivity index (χ2v) is 7.12. The van der Waals surface area contributed by atoms with E-state index in [1.807, 2.05) is 0 Å². The fourth-order valence-electron chi connectivity index (χ4n) is 3.71. The van der Waals surface area contributed by atoms with Gasteiger partial charge in [-0.2, -0.15) is 4.98 Å². The molecule has 1 aromatic heterocycles. The van der Waals surface area contributed by atoms with Crippen LogP contribution >= 0.6 is 0 Å². The van der Waals surface area contributed by atoms with Crippen LogP contribution in [-0.4, -0.2) is 60.8 Å². The minimum atomic E-state index is -0.287. The average Bonchev–Trinajstić information content (AvgIpc) is 2.71. The van der Waals surface area contributed by atoms with Crippen molar-refractivity contribution >= 4 is 5.95 Å². The minimum absolute atomic E-state index is 0.287. The normalized spacial score (nSPS) is 21.2. The molecule has 7 heteroatoms. The van der Waals surface area contributed by atoms with Crippen molar-refractivity contribution in [2.45, 2.75) is 12.8 Å². The predicted octanol–water partition coefficient (Wildman–Crippen LogP) is 2.96. The van der Waals surface area contributed by atoms with E-state index in [-0.39, 0.29) is 5.82 Å². The first kappa shape index (κ1) is 18.1. The lowest BCUT2D eigenvalue weighted by Gasteiger charge is -2.36. The zero-order valence-corrected chi connectivity index (χ0v) is 15.4. The Hall–Kier alpha value is -2.25. The van der Waals surface area contributed by atoms with Gasteiger partial charge in [0.2, 0.25) is 11.8 Å². The zero-order valence-electron chi connectivity index (χ0n) is 15.4. The summed E-state index contributed by atoms with van der Waals surface area (Å²) in [6.07, 6.45) is 4.09. The van der Waals surface area contributed by atoms with Crippen LogP contribution in [0.25, 0.3) is 0 Å². The van der Waals surface area contributed by atoms with E-state index < -0.39 is 0 Å². The van der Waals surface area contributed by atoms with Crippen LogP contribution in [0.2, 0.25) is 0 Å². The monoisotopic (exact) mass is 372 g/mol. The smallest absolute Gasteiger partial charge is 0.228 e. The summed E-state index contributed by atoms with van der Waals surface area (Å²) in [7, 11) is 0. The fraction of sp³-hybridized carbons (Fsp3) is 0.500. The Labute approximate surface area is 158 Å². The highest BCUT2D eigenvalue weighted by Gasteiger charge is 2.24. The number of hydrogen-bond donors (Lipinski definition) is 0. The first-order chi connectivity index (χ1) is 13.3. The molecule has 2 aliphatic rings. The van der Waals surface area contributed by atoms with Crippen LogP contribution in [-0.2, 0) is 4.74 Å². The Morgan fingerprint density at radius 2 is 1.93 bits per heavy atom. The molecule has 0 aliphatic carbocycles. The highest BCUT2D eigenvalue weighted by molar-refractivity contribution is 5.34. The SMILES string of the molecule is Fc1ccc(Oc2ccnc(N3CCCC(CN4CCOCC4)C3)n2)cc1. The van der Waals surface area contributed by atoms with Crippen molar-refractivity contribution in [1.29, 1.82) is 0 Å². The van der Waals surface area contributed by atoms with Gasteiger partial charge in [0.15, 0.2) is 0 Å². The first-order valence-corrected chi connectivity index (χ1v) is 9.58. The molecule has 2 aliphatic heterocycles. The molecular weight excluding hydrogens is 347 g/mol. The molecule has 0 amide bonds. The fourth-order valence-corrected chi connectivity index (χ4v) is 3.71. The van der Waals surface area contributed by atoms with E-state index >= 15 is 0 Å². The number of piperidine rings is 1. The minimum Gasteiger partial charge on any atom is -0.439 e. The number of hydrogen-bond acceptors (Lipinski definition) is 6. The van der Waals surface area contributed by atoms with Gasteiger partial charge in [0.05, 0.1) is 13.2 Å². The molecule has 0 saturated carbocycles. The lowest BCUT2D eigenvalue weighted by molar-refractivity contribution is 0.0296. The molecule has 3 heterocycles. The molecule has 2 aromatic rings. The Kier molecular flexibility index (Phi) is 5.79. The van der Waals surface area contributed by atoms with E-state index in [1.54, 1.807) is 24.4 Å². The summed E-state index contributed by atoms with van der Waals surface area (Å²) in [5.74, 6) is 2.06. The van der Waals surface area contributed by atoms with Crippen LogP contribution in [0.4, 0.5) is 10.3 Å². The van der Waals surface area contributed by atoms with Gasteiger partial charge in [0.25, 0.3) is 0 Å². The maximum atomic E-state index is 13.0. The van der Waals surface area contributed by atoms with Crippen LogP contribution in [0.5, 0.6) is 11.6 Å². The summed E-state index contributed by atoms with van der Waals surface area (Å²) >= 11 is 0. The van der Waals surface area contributed by atoms with Gasteiger partial charge in [-0.15, -0.1) is 0 Å². The molecule has 0 spiro atoms. The molecule has 2 fully saturated rings. The molecule has 0 radical (unpaired) electrons. The third-order valence-electron chi connectivity index (χ3n) is 5.08. The predicted molar refractivity (Wildman–Crippen MR) is 101 cm³/mol. The first-order valence-electron chi connectivity index (χ1n) is 9.58. The number of ether oxygens (including phenoxy) is 2. The van der Waals surface area contributed by atoms with Gasteiger partial charge in [0, 0.05) is 45.0 Å². The second-order valence-electron chi connectivity index (χ2n) is 7.12. The lowest BCUT2D eigenvalue weighted by Crippen LogP contribution is -2.45. The Morgan fingerprint density at radius 3 is 2.74 bits per heavy atom. The number of halogens is 1. The summed E-state index contributed by atoms with van der Waals surface area (Å²) in [6.45, 7) is 6.73. The Balaban J connectivity index is 1.39. The highest BCUT2D eigenvalue weighted by atomic mass is 19.1. The molecular formula is C20H25FN4O2. The van der Waals surface area contributed by atoms with Crippen LogP contribution < -0.4 is 9.64 Å². The third-order valence-corrected chi connectivity index (χ3v) is 5.08. The van der Waals surface area contributed by atoms with Crippen molar-refractivity contribution in [2.24, 2.45) is 5.92 Å². The van der Waals surface area contributed by atoms with E-state index in [2.05, 4.69) is 19.8 Å². The van der Waals surface area contributed by atoms with Gasteiger partial charge in [0.1, 0.15) is 11.6 Å². The Bertz CT molecular complexity index is 737. The topological polar surface area (TPSA) is 50.7 Å². The molecule has 1 unspecified atom stereocenters. The molecule has 27 heavy (non-hydrogen) atoms.